The number of β-amino-alcohol motifs (C(OH)–C–C–N with tert-alkyl or cyclic N) is 1. The van der Waals surface area contributed by atoms with E-state index in [0.717, 1.165) is 37.2 Å². The van der Waals surface area contributed by atoms with Crippen molar-refractivity contribution < 1.29 is 9.84 Å². The van der Waals surface area contributed by atoms with E-state index in [-0.39, 0.29) is 0 Å². The van der Waals surface area contributed by atoms with Crippen LogP contribution >= 0.6 is 11.6 Å². The number of benzene rings is 1. The van der Waals surface area contributed by atoms with Gasteiger partial charge < -0.3 is 14.7 Å². The van der Waals surface area contributed by atoms with Crippen LogP contribution in [0.1, 0.15) is 30.6 Å². The fourth-order valence-corrected chi connectivity index (χ4v) is 3.22. The van der Waals surface area contributed by atoms with Gasteiger partial charge in [0.25, 0.3) is 0 Å². The second kappa shape index (κ2) is 7.34. The summed E-state index contributed by atoms with van der Waals surface area (Å²) in [5.41, 5.74) is 0.894. The van der Waals surface area contributed by atoms with Gasteiger partial charge in [-0.2, -0.15) is 5.10 Å². The van der Waals surface area contributed by atoms with Crippen molar-refractivity contribution >= 4 is 11.6 Å². The number of hydrogen-bond acceptors (Lipinski definition) is 4. The fraction of sp³-hybridized carbons (Fsp3) is 0.471. The number of ether oxygens (including phenoxy) is 1. The average molecular weight is 336 g/mol. The first-order chi connectivity index (χ1) is 11.2. The molecule has 0 bridgehead atoms. The molecule has 1 saturated heterocycles. The van der Waals surface area contributed by atoms with Gasteiger partial charge in [0.1, 0.15) is 5.75 Å². The monoisotopic (exact) mass is 335 g/mol. The van der Waals surface area contributed by atoms with E-state index in [2.05, 4.69) is 10.00 Å². The van der Waals surface area contributed by atoms with Gasteiger partial charge in [-0.1, -0.05) is 23.7 Å². The van der Waals surface area contributed by atoms with Gasteiger partial charge in [-0.15, -0.1) is 0 Å². The molecule has 23 heavy (non-hydrogen) atoms. The van der Waals surface area contributed by atoms with Crippen molar-refractivity contribution in [3.8, 4) is 5.75 Å². The summed E-state index contributed by atoms with van der Waals surface area (Å²) >= 11 is 5.93. The third-order valence-corrected chi connectivity index (χ3v) is 4.61. The normalized spacial score (nSPS) is 18.0. The Morgan fingerprint density at radius 3 is 2.83 bits per heavy atom. The molecule has 0 amide bonds. The van der Waals surface area contributed by atoms with E-state index >= 15 is 0 Å². The number of hydrogen-bond donors (Lipinski definition) is 1. The minimum atomic E-state index is -0.499. The first-order valence-electron chi connectivity index (χ1n) is 7.89. The molecule has 1 aliphatic heterocycles. The molecular formula is C17H22ClN3O2. The lowest BCUT2D eigenvalue weighted by Crippen LogP contribution is -2.37. The van der Waals surface area contributed by atoms with Gasteiger partial charge in [0, 0.05) is 25.8 Å². The lowest BCUT2D eigenvalue weighted by atomic mass is 10.0. The maximum atomic E-state index is 10.4. The summed E-state index contributed by atoms with van der Waals surface area (Å²) in [7, 11) is 1.64. The van der Waals surface area contributed by atoms with Crippen molar-refractivity contribution in [3.05, 3.63) is 47.2 Å². The zero-order chi connectivity index (χ0) is 16.2. The number of rotatable bonds is 5. The molecule has 5 nitrogen and oxygen atoms in total. The Labute approximate surface area is 141 Å². The quantitative estimate of drug-likeness (QED) is 0.912. The van der Waals surface area contributed by atoms with E-state index in [4.69, 9.17) is 16.3 Å². The van der Waals surface area contributed by atoms with Crippen LogP contribution in [0.2, 0.25) is 5.02 Å². The van der Waals surface area contributed by atoms with Crippen molar-refractivity contribution in [2.24, 2.45) is 0 Å². The number of piperidine rings is 1. The second-order valence-corrected chi connectivity index (χ2v) is 6.40. The zero-order valence-electron chi connectivity index (χ0n) is 13.2. The summed E-state index contributed by atoms with van der Waals surface area (Å²) in [6.07, 6.45) is 5.10. The topological polar surface area (TPSA) is 50.5 Å². The van der Waals surface area contributed by atoms with Crippen molar-refractivity contribution in [2.75, 3.05) is 26.7 Å². The molecule has 1 fully saturated rings. The van der Waals surface area contributed by atoms with Gasteiger partial charge in [-0.3, -0.25) is 4.68 Å². The molecule has 1 aliphatic rings. The number of aliphatic hydroxyl groups excluding tert-OH is 1. The second-order valence-electron chi connectivity index (χ2n) is 5.96. The highest BCUT2D eigenvalue weighted by Crippen LogP contribution is 2.25. The van der Waals surface area contributed by atoms with Gasteiger partial charge >= 0.3 is 0 Å². The first-order valence-corrected chi connectivity index (χ1v) is 8.27. The highest BCUT2D eigenvalue weighted by atomic mass is 35.5. The van der Waals surface area contributed by atoms with Gasteiger partial charge in [0.2, 0.25) is 0 Å². The Hall–Kier alpha value is -1.56. The van der Waals surface area contributed by atoms with Crippen LogP contribution in [0.15, 0.2) is 36.7 Å². The fourth-order valence-electron chi connectivity index (χ4n) is 3.08. The average Bonchev–Trinajstić information content (AvgIpc) is 3.02. The molecule has 124 valence electrons. The van der Waals surface area contributed by atoms with Gasteiger partial charge in [0.05, 0.1) is 30.5 Å². The van der Waals surface area contributed by atoms with Crippen LogP contribution in [0.5, 0.6) is 5.75 Å². The molecule has 0 radical (unpaired) electrons. The lowest BCUT2D eigenvalue weighted by Gasteiger charge is -2.33. The Kier molecular flexibility index (Phi) is 5.20. The van der Waals surface area contributed by atoms with Gasteiger partial charge in [-0.25, -0.2) is 0 Å². The first kappa shape index (κ1) is 16.3. The summed E-state index contributed by atoms with van der Waals surface area (Å²) in [6, 6.07) is 8.02. The number of nitrogens with zero attached hydrogens (tertiary/aromatic N) is 3. The van der Waals surface area contributed by atoms with E-state index in [0.29, 0.717) is 17.6 Å². The van der Waals surface area contributed by atoms with Crippen molar-refractivity contribution in [3.63, 3.8) is 0 Å². The summed E-state index contributed by atoms with van der Waals surface area (Å²) in [4.78, 5) is 2.30. The van der Waals surface area contributed by atoms with E-state index in [1.165, 1.54) is 0 Å². The Bertz CT molecular complexity index is 638. The molecule has 1 atom stereocenters. The predicted molar refractivity (Wildman–Crippen MR) is 89.9 cm³/mol. The van der Waals surface area contributed by atoms with Crippen LogP contribution in [-0.2, 0) is 0 Å². The van der Waals surface area contributed by atoms with E-state index in [1.807, 2.05) is 35.1 Å². The van der Waals surface area contributed by atoms with E-state index in [9.17, 15) is 5.11 Å². The molecule has 1 N–H and O–H groups in total. The Morgan fingerprint density at radius 1 is 1.39 bits per heavy atom. The number of halogens is 1. The van der Waals surface area contributed by atoms with Crippen LogP contribution in [0, 0.1) is 0 Å². The maximum Gasteiger partial charge on any atom is 0.119 e. The summed E-state index contributed by atoms with van der Waals surface area (Å²) in [5.74, 6) is 0.774. The molecule has 6 heteroatoms. The third kappa shape index (κ3) is 4.05. The molecule has 2 aromatic rings. The maximum absolute atomic E-state index is 10.4. The largest absolute Gasteiger partial charge is 0.497 e. The smallest absolute Gasteiger partial charge is 0.119 e. The number of methoxy groups -OCH3 is 1. The molecule has 1 unspecified atom stereocenters. The molecular weight excluding hydrogens is 314 g/mol. The molecule has 1 aromatic heterocycles. The van der Waals surface area contributed by atoms with Gasteiger partial charge in [0.15, 0.2) is 0 Å². The molecule has 0 spiro atoms. The minimum Gasteiger partial charge on any atom is -0.497 e. The molecule has 3 rings (SSSR count). The van der Waals surface area contributed by atoms with E-state index < -0.39 is 6.10 Å². The van der Waals surface area contributed by atoms with Crippen LogP contribution in [0.3, 0.4) is 0 Å². The minimum absolute atomic E-state index is 0.396. The standard InChI is InChI=1S/C17H22ClN3O2/c1-23-16-4-2-3-13(9-16)17(22)12-20-7-5-15(6-8-20)21-11-14(18)10-19-21/h2-4,9-11,15,17,22H,5-8,12H2,1H3. The number of aliphatic hydroxyl groups is 1. The lowest BCUT2D eigenvalue weighted by molar-refractivity contribution is 0.0888. The molecule has 0 aliphatic carbocycles. The predicted octanol–water partition coefficient (Wildman–Crippen LogP) is 2.92. The molecule has 0 saturated carbocycles. The third-order valence-electron chi connectivity index (χ3n) is 4.41. The zero-order valence-corrected chi connectivity index (χ0v) is 14.0. The van der Waals surface area contributed by atoms with Crippen LogP contribution in [0.25, 0.3) is 0 Å². The van der Waals surface area contributed by atoms with Crippen molar-refractivity contribution in [1.82, 2.24) is 14.7 Å². The summed E-state index contributed by atoms with van der Waals surface area (Å²) in [5, 5.41) is 15.4. The Balaban J connectivity index is 1.53. The highest BCUT2D eigenvalue weighted by molar-refractivity contribution is 6.30. The summed E-state index contributed by atoms with van der Waals surface area (Å²) < 4.78 is 7.17. The molecule has 1 aromatic carbocycles. The SMILES string of the molecule is COc1cccc(C(O)CN2CCC(n3cc(Cl)cn3)CC2)c1. The number of aromatic nitrogens is 2. The van der Waals surface area contributed by atoms with Crippen LogP contribution < -0.4 is 4.74 Å². The van der Waals surface area contributed by atoms with Crippen LogP contribution in [0.4, 0.5) is 0 Å². The van der Waals surface area contributed by atoms with Crippen molar-refractivity contribution in [2.45, 2.75) is 25.0 Å². The van der Waals surface area contributed by atoms with E-state index in [1.54, 1.807) is 13.3 Å². The van der Waals surface area contributed by atoms with Crippen LogP contribution in [-0.4, -0.2) is 46.5 Å². The molecule has 2 heterocycles. The highest BCUT2D eigenvalue weighted by Gasteiger charge is 2.23. The Morgan fingerprint density at radius 2 is 2.17 bits per heavy atom. The van der Waals surface area contributed by atoms with Crippen molar-refractivity contribution in [1.29, 1.82) is 0 Å². The number of likely N-dealkylation sites (tertiary alicyclic amines) is 1. The van der Waals surface area contributed by atoms with Gasteiger partial charge in [-0.05, 0) is 30.5 Å². The summed E-state index contributed by atoms with van der Waals surface area (Å²) in [6.45, 7) is 2.53.